The molecule has 0 amide bonds. The van der Waals surface area contributed by atoms with Gasteiger partial charge in [0.2, 0.25) is 0 Å². The molecule has 0 spiro atoms. The first kappa shape index (κ1) is 13.1. The van der Waals surface area contributed by atoms with Crippen molar-refractivity contribution in [2.75, 3.05) is 0 Å². The summed E-state index contributed by atoms with van der Waals surface area (Å²) in [6.45, 7) is 5.44. The summed E-state index contributed by atoms with van der Waals surface area (Å²) < 4.78 is 0. The van der Waals surface area contributed by atoms with E-state index in [4.69, 9.17) is 23.2 Å². The second kappa shape index (κ2) is 5.55. The zero-order chi connectivity index (χ0) is 12.4. The molecule has 0 unspecified atom stereocenters. The summed E-state index contributed by atoms with van der Waals surface area (Å²) in [6, 6.07) is 2.95. The first-order chi connectivity index (χ1) is 8.08. The molecule has 1 fully saturated rings. The standard InChI is InChI=1S/C13H18Cl2N2/c1-9-4-3-5-10(2)17(9)8-11-7-16-13(15)6-12(11)14/h6-7,9-10H,3-5,8H2,1-2H3/t9-,10+. The molecule has 0 saturated carbocycles. The molecule has 0 N–H and O–H groups in total. The highest BCUT2D eigenvalue weighted by atomic mass is 35.5. The Balaban J connectivity index is 2.13. The van der Waals surface area contributed by atoms with Gasteiger partial charge in [0.15, 0.2) is 0 Å². The van der Waals surface area contributed by atoms with Crippen LogP contribution in [-0.2, 0) is 6.54 Å². The lowest BCUT2D eigenvalue weighted by Crippen LogP contribution is -2.43. The van der Waals surface area contributed by atoms with Crippen molar-refractivity contribution in [1.29, 1.82) is 0 Å². The van der Waals surface area contributed by atoms with E-state index >= 15 is 0 Å². The van der Waals surface area contributed by atoms with Crippen molar-refractivity contribution in [1.82, 2.24) is 9.88 Å². The normalized spacial score (nSPS) is 26.1. The van der Waals surface area contributed by atoms with Crippen LogP contribution in [0.1, 0.15) is 38.7 Å². The second-order valence-corrected chi connectivity index (χ2v) is 5.69. The van der Waals surface area contributed by atoms with Crippen LogP contribution >= 0.6 is 23.2 Å². The molecule has 0 bridgehead atoms. The SMILES string of the molecule is C[C@@H]1CCC[C@H](C)N1Cc1cnc(Cl)cc1Cl. The summed E-state index contributed by atoms with van der Waals surface area (Å²) in [5.74, 6) is 0. The summed E-state index contributed by atoms with van der Waals surface area (Å²) in [5.41, 5.74) is 1.07. The van der Waals surface area contributed by atoms with Crippen LogP contribution in [0.4, 0.5) is 0 Å². The molecule has 1 aromatic heterocycles. The molecule has 2 rings (SSSR count). The summed E-state index contributed by atoms with van der Waals surface area (Å²) in [6.07, 6.45) is 5.65. The third kappa shape index (κ3) is 3.12. The van der Waals surface area contributed by atoms with Gasteiger partial charge in [0.1, 0.15) is 5.15 Å². The van der Waals surface area contributed by atoms with Crippen molar-refractivity contribution in [2.24, 2.45) is 0 Å². The zero-order valence-electron chi connectivity index (χ0n) is 10.3. The van der Waals surface area contributed by atoms with Crippen molar-refractivity contribution in [2.45, 2.75) is 51.7 Å². The van der Waals surface area contributed by atoms with Gasteiger partial charge in [0.25, 0.3) is 0 Å². The predicted molar refractivity (Wildman–Crippen MR) is 72.6 cm³/mol. The van der Waals surface area contributed by atoms with E-state index in [-0.39, 0.29) is 0 Å². The van der Waals surface area contributed by atoms with E-state index in [1.54, 1.807) is 12.3 Å². The third-order valence-electron chi connectivity index (χ3n) is 3.63. The Morgan fingerprint density at radius 3 is 2.53 bits per heavy atom. The molecular weight excluding hydrogens is 255 g/mol. The quantitative estimate of drug-likeness (QED) is 0.752. The molecule has 4 heteroatoms. The smallest absolute Gasteiger partial charge is 0.130 e. The molecule has 2 nitrogen and oxygen atoms in total. The third-order valence-corrected chi connectivity index (χ3v) is 4.18. The van der Waals surface area contributed by atoms with Crippen LogP contribution in [0.3, 0.4) is 0 Å². The van der Waals surface area contributed by atoms with Crippen LogP contribution in [-0.4, -0.2) is 22.0 Å². The lowest BCUT2D eigenvalue weighted by molar-refractivity contribution is 0.0952. The summed E-state index contributed by atoms with van der Waals surface area (Å²) in [7, 11) is 0. The number of likely N-dealkylation sites (tertiary alicyclic amines) is 1. The van der Waals surface area contributed by atoms with E-state index in [0.29, 0.717) is 17.2 Å². The van der Waals surface area contributed by atoms with Crippen molar-refractivity contribution in [3.8, 4) is 0 Å². The van der Waals surface area contributed by atoms with Gasteiger partial charge in [-0.2, -0.15) is 0 Å². The number of halogens is 2. The van der Waals surface area contributed by atoms with Gasteiger partial charge in [0, 0.05) is 35.4 Å². The van der Waals surface area contributed by atoms with Gasteiger partial charge >= 0.3 is 0 Å². The van der Waals surface area contributed by atoms with Gasteiger partial charge in [0.05, 0.1) is 0 Å². The molecule has 1 aromatic rings. The number of rotatable bonds is 2. The van der Waals surface area contributed by atoms with E-state index in [2.05, 4.69) is 23.7 Å². The largest absolute Gasteiger partial charge is 0.294 e. The summed E-state index contributed by atoms with van der Waals surface area (Å²) in [4.78, 5) is 6.61. The van der Waals surface area contributed by atoms with Gasteiger partial charge in [-0.3, -0.25) is 4.90 Å². The van der Waals surface area contributed by atoms with Crippen molar-refractivity contribution in [3.63, 3.8) is 0 Å². The fourth-order valence-electron chi connectivity index (χ4n) is 2.54. The Bertz CT molecular complexity index is 385. The monoisotopic (exact) mass is 272 g/mol. The van der Waals surface area contributed by atoms with Crippen LogP contribution in [0.2, 0.25) is 10.2 Å². The average molecular weight is 273 g/mol. The van der Waals surface area contributed by atoms with Gasteiger partial charge < -0.3 is 0 Å². The second-order valence-electron chi connectivity index (χ2n) is 4.90. The highest BCUT2D eigenvalue weighted by Crippen LogP contribution is 2.27. The molecule has 2 atom stereocenters. The van der Waals surface area contributed by atoms with E-state index in [0.717, 1.165) is 17.1 Å². The van der Waals surface area contributed by atoms with E-state index in [1.807, 2.05) is 0 Å². The Kier molecular flexibility index (Phi) is 4.29. The summed E-state index contributed by atoms with van der Waals surface area (Å²) in [5, 5.41) is 1.17. The Hall–Kier alpha value is -0.310. The number of nitrogens with zero attached hydrogens (tertiary/aromatic N) is 2. The maximum absolute atomic E-state index is 6.19. The van der Waals surface area contributed by atoms with Crippen LogP contribution in [0.5, 0.6) is 0 Å². The molecule has 0 radical (unpaired) electrons. The van der Waals surface area contributed by atoms with Crippen LogP contribution in [0, 0.1) is 0 Å². The van der Waals surface area contributed by atoms with E-state index < -0.39 is 0 Å². The van der Waals surface area contributed by atoms with E-state index in [1.165, 1.54) is 19.3 Å². The summed E-state index contributed by atoms with van der Waals surface area (Å²) >= 11 is 12.0. The molecule has 1 saturated heterocycles. The van der Waals surface area contributed by atoms with Crippen LogP contribution < -0.4 is 0 Å². The number of hydrogen-bond donors (Lipinski definition) is 0. The fourth-order valence-corrected chi connectivity index (χ4v) is 2.96. The highest BCUT2D eigenvalue weighted by Gasteiger charge is 2.25. The van der Waals surface area contributed by atoms with Crippen molar-refractivity contribution < 1.29 is 0 Å². The molecule has 1 aliphatic heterocycles. The Morgan fingerprint density at radius 1 is 1.29 bits per heavy atom. The molecule has 0 aromatic carbocycles. The lowest BCUT2D eigenvalue weighted by Gasteiger charge is -2.39. The molecule has 0 aliphatic carbocycles. The van der Waals surface area contributed by atoms with Gasteiger partial charge in [-0.25, -0.2) is 4.98 Å². The van der Waals surface area contributed by atoms with Crippen LogP contribution in [0.15, 0.2) is 12.3 Å². The van der Waals surface area contributed by atoms with Crippen molar-refractivity contribution in [3.05, 3.63) is 28.0 Å². The minimum Gasteiger partial charge on any atom is -0.294 e. The Labute approximate surface area is 113 Å². The maximum atomic E-state index is 6.19. The van der Waals surface area contributed by atoms with Gasteiger partial charge in [-0.15, -0.1) is 0 Å². The molecule has 17 heavy (non-hydrogen) atoms. The first-order valence-corrected chi connectivity index (χ1v) is 6.89. The van der Waals surface area contributed by atoms with Crippen molar-refractivity contribution >= 4 is 23.2 Å². The van der Waals surface area contributed by atoms with Crippen LogP contribution in [0.25, 0.3) is 0 Å². The number of pyridine rings is 1. The fraction of sp³-hybridized carbons (Fsp3) is 0.615. The lowest BCUT2D eigenvalue weighted by atomic mass is 9.97. The molecule has 1 aliphatic rings. The predicted octanol–water partition coefficient (Wildman–Crippen LogP) is 4.15. The van der Waals surface area contributed by atoms with Gasteiger partial charge in [-0.05, 0) is 32.8 Å². The number of hydrogen-bond acceptors (Lipinski definition) is 2. The minimum absolute atomic E-state index is 0.457. The average Bonchev–Trinajstić information content (AvgIpc) is 2.26. The number of piperidine rings is 1. The van der Waals surface area contributed by atoms with Gasteiger partial charge in [-0.1, -0.05) is 29.6 Å². The maximum Gasteiger partial charge on any atom is 0.130 e. The molecular formula is C13H18Cl2N2. The number of aromatic nitrogens is 1. The zero-order valence-corrected chi connectivity index (χ0v) is 11.8. The molecule has 2 heterocycles. The Morgan fingerprint density at radius 2 is 1.94 bits per heavy atom. The molecule has 94 valence electrons. The minimum atomic E-state index is 0.457. The van der Waals surface area contributed by atoms with E-state index in [9.17, 15) is 0 Å². The highest BCUT2D eigenvalue weighted by molar-refractivity contribution is 6.34. The topological polar surface area (TPSA) is 16.1 Å². The first-order valence-electron chi connectivity index (χ1n) is 6.13.